The van der Waals surface area contributed by atoms with Gasteiger partial charge in [0.25, 0.3) is 0 Å². The molecule has 0 saturated carbocycles. The number of piperidine rings is 3. The molecule has 2 N–H and O–H groups in total. The summed E-state index contributed by atoms with van der Waals surface area (Å²) in [6, 6.07) is 11.3. The SMILES string of the molecule is CC(C)=CC[C@@H](OC(=O)CCC[C@H]1[C@@H]2CCCN3CCC[C@H](CN1Cc1ccccc1Cl)[C@H]23)C1=CC(=O)c2c(O)ccc(O)c2C1=O. The number of hydrogen-bond donors (Lipinski definition) is 2. The molecule has 8 nitrogen and oxygen atoms in total. The number of phenols is 2. The Kier molecular flexibility index (Phi) is 10.2. The Labute approximate surface area is 282 Å². The average Bonchev–Trinajstić information content (AvgIpc) is 3.04. The molecule has 3 heterocycles. The highest BCUT2D eigenvalue weighted by Crippen LogP contribution is 2.44. The van der Waals surface area contributed by atoms with Crippen molar-refractivity contribution in [2.24, 2.45) is 11.8 Å². The first kappa shape index (κ1) is 33.4. The highest BCUT2D eigenvalue weighted by molar-refractivity contribution is 6.31. The summed E-state index contributed by atoms with van der Waals surface area (Å²) in [4.78, 5) is 45.2. The van der Waals surface area contributed by atoms with Crippen molar-refractivity contribution in [3.8, 4) is 11.5 Å². The number of halogens is 1. The first-order chi connectivity index (χ1) is 22.6. The normalized spacial score (nSPS) is 25.0. The van der Waals surface area contributed by atoms with Crippen molar-refractivity contribution in [2.75, 3.05) is 19.6 Å². The van der Waals surface area contributed by atoms with Gasteiger partial charge in [-0.1, -0.05) is 41.4 Å². The Morgan fingerprint density at radius 1 is 1.04 bits per heavy atom. The molecule has 9 heteroatoms. The highest BCUT2D eigenvalue weighted by atomic mass is 35.5. The number of ether oxygens (including phenoxy) is 1. The van der Waals surface area contributed by atoms with Gasteiger partial charge in [0, 0.05) is 48.6 Å². The molecule has 3 fully saturated rings. The van der Waals surface area contributed by atoms with Crippen molar-refractivity contribution in [1.82, 2.24) is 9.80 Å². The first-order valence-corrected chi connectivity index (χ1v) is 17.4. The van der Waals surface area contributed by atoms with E-state index in [0.29, 0.717) is 30.3 Å². The molecule has 0 radical (unpaired) electrons. The average molecular weight is 661 g/mol. The molecular formula is C38H45ClN2O6. The van der Waals surface area contributed by atoms with Gasteiger partial charge in [0.05, 0.1) is 11.1 Å². The number of allylic oxidation sites excluding steroid dienone is 2. The molecule has 2 aromatic rings. The van der Waals surface area contributed by atoms with Crippen molar-refractivity contribution in [3.05, 3.63) is 81.4 Å². The van der Waals surface area contributed by atoms with Crippen molar-refractivity contribution < 1.29 is 29.3 Å². The van der Waals surface area contributed by atoms with Crippen LogP contribution >= 0.6 is 11.6 Å². The molecule has 2 aromatic carbocycles. The lowest BCUT2D eigenvalue weighted by Crippen LogP contribution is -2.64. The van der Waals surface area contributed by atoms with Gasteiger partial charge in [0.2, 0.25) is 0 Å². The number of rotatable bonds is 10. The van der Waals surface area contributed by atoms with Crippen LogP contribution in [-0.4, -0.2) is 75.4 Å². The fourth-order valence-electron chi connectivity index (χ4n) is 8.48. The van der Waals surface area contributed by atoms with Crippen LogP contribution < -0.4 is 0 Å². The van der Waals surface area contributed by atoms with E-state index in [1.165, 1.54) is 50.9 Å². The largest absolute Gasteiger partial charge is 0.507 e. The van der Waals surface area contributed by atoms with Crippen LogP contribution in [0.1, 0.15) is 91.5 Å². The van der Waals surface area contributed by atoms with E-state index < -0.39 is 29.4 Å². The molecule has 3 aliphatic heterocycles. The van der Waals surface area contributed by atoms with E-state index in [1.807, 2.05) is 38.1 Å². The highest BCUT2D eigenvalue weighted by Gasteiger charge is 2.48. The monoisotopic (exact) mass is 660 g/mol. The summed E-state index contributed by atoms with van der Waals surface area (Å²) < 4.78 is 5.93. The minimum Gasteiger partial charge on any atom is -0.507 e. The Hall–Kier alpha value is -3.46. The number of phenolic OH excluding ortho intramolecular Hbond substituents is 2. The third-order valence-corrected chi connectivity index (χ3v) is 10.9. The third kappa shape index (κ3) is 7.06. The van der Waals surface area contributed by atoms with Crippen LogP contribution in [0.4, 0.5) is 0 Å². The molecule has 3 saturated heterocycles. The second-order valence-corrected chi connectivity index (χ2v) is 14.3. The number of nitrogens with zero attached hydrogens (tertiary/aromatic N) is 2. The van der Waals surface area contributed by atoms with E-state index in [2.05, 4.69) is 15.9 Å². The maximum atomic E-state index is 13.5. The molecule has 47 heavy (non-hydrogen) atoms. The summed E-state index contributed by atoms with van der Waals surface area (Å²) >= 11 is 6.62. The van der Waals surface area contributed by atoms with Crippen molar-refractivity contribution in [2.45, 2.75) is 89.9 Å². The summed E-state index contributed by atoms with van der Waals surface area (Å²) in [5.41, 5.74) is 1.60. The smallest absolute Gasteiger partial charge is 0.306 e. The van der Waals surface area contributed by atoms with Crippen molar-refractivity contribution in [1.29, 1.82) is 0 Å². The van der Waals surface area contributed by atoms with Gasteiger partial charge in [-0.3, -0.25) is 24.2 Å². The molecule has 1 aliphatic carbocycles. The van der Waals surface area contributed by atoms with Crippen LogP contribution in [0.5, 0.6) is 11.5 Å². The maximum absolute atomic E-state index is 13.5. The number of likely N-dealkylation sites (tertiary alicyclic amines) is 1. The maximum Gasteiger partial charge on any atom is 0.306 e. The standard InChI is InChI=1S/C38H45ClN2O6/c1-23(2)14-17-33(27-20-32(44)35-30(42)15-16-31(43)36(35)38(27)46)47-34(45)13-5-12-29-26-10-7-19-40-18-6-9-25(37(26)40)22-41(29)21-24-8-3-4-11-28(24)39/h3-4,8,11,14-16,20,25-26,29,33,37,42-43H,5-7,9-10,12-13,17-19,21-22H2,1-2H3/t25-,26+,29+,33-,37-/m1/s1. The molecule has 0 bridgehead atoms. The molecule has 0 amide bonds. The Morgan fingerprint density at radius 2 is 1.77 bits per heavy atom. The van der Waals surface area contributed by atoms with E-state index in [-0.39, 0.29) is 35.3 Å². The molecule has 4 aliphatic rings. The zero-order valence-corrected chi connectivity index (χ0v) is 28.0. The Bertz CT molecular complexity index is 1590. The fraction of sp³-hybridized carbons (Fsp3) is 0.500. The number of hydrogen-bond acceptors (Lipinski definition) is 8. The van der Waals surface area contributed by atoms with Crippen molar-refractivity contribution in [3.63, 3.8) is 0 Å². The van der Waals surface area contributed by atoms with Crippen LogP contribution in [-0.2, 0) is 16.1 Å². The number of Topliss-reactive ketones (excluding diaryl/α,β-unsaturated/α-hetero) is 1. The molecule has 0 spiro atoms. The number of aromatic hydroxyl groups is 2. The third-order valence-electron chi connectivity index (χ3n) is 10.5. The van der Waals surface area contributed by atoms with Gasteiger partial charge in [0.1, 0.15) is 17.6 Å². The Morgan fingerprint density at radius 3 is 2.51 bits per heavy atom. The van der Waals surface area contributed by atoms with E-state index in [4.69, 9.17) is 16.3 Å². The lowest BCUT2D eigenvalue weighted by molar-refractivity contribution is -0.147. The number of fused-ring (bicyclic) bond motifs is 1. The topological polar surface area (TPSA) is 107 Å². The number of esters is 1. The summed E-state index contributed by atoms with van der Waals surface area (Å²) in [5, 5.41) is 21.4. The lowest BCUT2D eigenvalue weighted by atomic mass is 9.69. The predicted molar refractivity (Wildman–Crippen MR) is 181 cm³/mol. The van der Waals surface area contributed by atoms with E-state index >= 15 is 0 Å². The van der Waals surface area contributed by atoms with Crippen LogP contribution in [0.2, 0.25) is 5.02 Å². The van der Waals surface area contributed by atoms with E-state index in [1.54, 1.807) is 0 Å². The number of ketones is 2. The number of benzene rings is 2. The predicted octanol–water partition coefficient (Wildman–Crippen LogP) is 6.87. The van der Waals surface area contributed by atoms with Crippen LogP contribution in [0, 0.1) is 11.8 Å². The molecule has 5 atom stereocenters. The van der Waals surface area contributed by atoms with Gasteiger partial charge >= 0.3 is 5.97 Å². The minimum absolute atomic E-state index is 0.00178. The molecule has 0 unspecified atom stereocenters. The van der Waals surface area contributed by atoms with Gasteiger partial charge < -0.3 is 14.9 Å². The second-order valence-electron chi connectivity index (χ2n) is 13.9. The summed E-state index contributed by atoms with van der Waals surface area (Å²) in [5.74, 6) is -1.27. The quantitative estimate of drug-likeness (QED) is 0.162. The molecule has 6 rings (SSSR count). The van der Waals surface area contributed by atoms with Crippen LogP contribution in [0.3, 0.4) is 0 Å². The van der Waals surface area contributed by atoms with Gasteiger partial charge in [-0.2, -0.15) is 0 Å². The van der Waals surface area contributed by atoms with E-state index in [0.717, 1.165) is 41.7 Å². The van der Waals surface area contributed by atoms with Crippen LogP contribution in [0.15, 0.2) is 59.7 Å². The molecule has 250 valence electrons. The zero-order valence-electron chi connectivity index (χ0n) is 27.3. The van der Waals surface area contributed by atoms with Crippen molar-refractivity contribution >= 4 is 29.1 Å². The fourth-order valence-corrected chi connectivity index (χ4v) is 8.68. The lowest BCUT2D eigenvalue weighted by Gasteiger charge is -2.57. The van der Waals surface area contributed by atoms with Gasteiger partial charge in [-0.15, -0.1) is 0 Å². The second kappa shape index (κ2) is 14.3. The summed E-state index contributed by atoms with van der Waals surface area (Å²) in [7, 11) is 0. The summed E-state index contributed by atoms with van der Waals surface area (Å²) in [6.07, 6.45) is 8.75. The minimum atomic E-state index is -0.995. The van der Waals surface area contributed by atoms with Gasteiger partial charge in [-0.05, 0) is 107 Å². The number of carbonyl (C=O) groups is 3. The van der Waals surface area contributed by atoms with Gasteiger partial charge in [-0.25, -0.2) is 0 Å². The first-order valence-electron chi connectivity index (χ1n) is 17.0. The number of carbonyl (C=O) groups excluding carboxylic acids is 3. The Balaban J connectivity index is 1.17. The van der Waals surface area contributed by atoms with Gasteiger partial charge in [0.15, 0.2) is 11.6 Å². The van der Waals surface area contributed by atoms with E-state index in [9.17, 15) is 24.6 Å². The van der Waals surface area contributed by atoms with Crippen LogP contribution in [0.25, 0.3) is 0 Å². The zero-order chi connectivity index (χ0) is 33.2. The molecular weight excluding hydrogens is 616 g/mol. The summed E-state index contributed by atoms with van der Waals surface area (Å²) in [6.45, 7) is 7.97. The molecule has 0 aromatic heterocycles.